The van der Waals surface area contributed by atoms with Crippen molar-refractivity contribution in [2.45, 2.75) is 32.4 Å². The number of ether oxygens (including phenoxy) is 1. The van der Waals surface area contributed by atoms with Gasteiger partial charge in [0.2, 0.25) is 5.91 Å². The lowest BCUT2D eigenvalue weighted by Gasteiger charge is -2.36. The third kappa shape index (κ3) is 5.09. The zero-order valence-corrected chi connectivity index (χ0v) is 16.7. The predicted octanol–water partition coefficient (Wildman–Crippen LogP) is 2.69. The summed E-state index contributed by atoms with van der Waals surface area (Å²) in [5.74, 6) is 0.876. The topological polar surface area (TPSA) is 66.5 Å². The highest BCUT2D eigenvalue weighted by molar-refractivity contribution is 5.78. The van der Waals surface area contributed by atoms with E-state index >= 15 is 0 Å². The lowest BCUT2D eigenvalue weighted by molar-refractivity contribution is -0.123. The van der Waals surface area contributed by atoms with Crippen LogP contribution in [0.5, 0.6) is 5.75 Å². The number of nitrogens with zero attached hydrogens (tertiary/aromatic N) is 2. The molecule has 0 saturated carbocycles. The highest BCUT2D eigenvalue weighted by Crippen LogP contribution is 2.27. The van der Waals surface area contributed by atoms with Crippen LogP contribution in [0.2, 0.25) is 0 Å². The molecule has 1 aromatic heterocycles. The van der Waals surface area contributed by atoms with E-state index in [-0.39, 0.29) is 18.0 Å². The summed E-state index contributed by atoms with van der Waals surface area (Å²) >= 11 is 0. The quantitative estimate of drug-likeness (QED) is 0.735. The fraction of sp³-hybridized carbons (Fsp3) is 0.455. The molecule has 1 aromatic carbocycles. The average molecular weight is 383 g/mol. The monoisotopic (exact) mass is 382 g/mol. The molecule has 1 fully saturated rings. The standard InChI is InChI=1S/C22H30N4O2/c1-3-19(18-9-5-6-10-21(18)28-4-2)25-22(27)16-26-13-12-24-15-20(26)17-8-7-11-23-14-17/h5-11,14,19-20,24H,3-4,12-13,15-16H2,1-2H3,(H,25,27). The molecule has 6 heteroatoms. The second-order valence-corrected chi connectivity index (χ2v) is 6.98. The fourth-order valence-electron chi connectivity index (χ4n) is 3.72. The molecule has 3 rings (SSSR count). The van der Waals surface area contributed by atoms with Crippen LogP contribution in [-0.2, 0) is 4.79 Å². The van der Waals surface area contributed by atoms with Gasteiger partial charge in [-0.1, -0.05) is 31.2 Å². The van der Waals surface area contributed by atoms with Crippen molar-refractivity contribution in [3.63, 3.8) is 0 Å². The maximum absolute atomic E-state index is 12.9. The van der Waals surface area contributed by atoms with Crippen molar-refractivity contribution >= 4 is 5.91 Å². The SMILES string of the molecule is CCOc1ccccc1C(CC)NC(=O)CN1CCNCC1c1cccnc1. The Bertz CT molecular complexity index is 753. The van der Waals surface area contributed by atoms with Gasteiger partial charge in [0.15, 0.2) is 0 Å². The Kier molecular flexibility index (Phi) is 7.39. The molecule has 0 bridgehead atoms. The molecule has 1 aliphatic heterocycles. The Morgan fingerprint density at radius 2 is 2.18 bits per heavy atom. The minimum absolute atomic E-state index is 0.0361. The molecule has 1 saturated heterocycles. The highest BCUT2D eigenvalue weighted by atomic mass is 16.5. The largest absolute Gasteiger partial charge is 0.494 e. The van der Waals surface area contributed by atoms with E-state index in [2.05, 4.69) is 33.5 Å². The van der Waals surface area contributed by atoms with Gasteiger partial charge in [0.25, 0.3) is 0 Å². The summed E-state index contributed by atoms with van der Waals surface area (Å²) in [5, 5.41) is 6.62. The Balaban J connectivity index is 1.68. The minimum Gasteiger partial charge on any atom is -0.494 e. The number of carbonyl (C=O) groups excluding carboxylic acids is 1. The van der Waals surface area contributed by atoms with Gasteiger partial charge in [-0.3, -0.25) is 14.7 Å². The summed E-state index contributed by atoms with van der Waals surface area (Å²) < 4.78 is 5.75. The first-order valence-electron chi connectivity index (χ1n) is 10.1. The van der Waals surface area contributed by atoms with Crippen molar-refractivity contribution in [1.82, 2.24) is 20.5 Å². The smallest absolute Gasteiger partial charge is 0.234 e. The van der Waals surface area contributed by atoms with Crippen LogP contribution in [0.15, 0.2) is 48.8 Å². The van der Waals surface area contributed by atoms with Crippen molar-refractivity contribution in [2.75, 3.05) is 32.8 Å². The van der Waals surface area contributed by atoms with Crippen molar-refractivity contribution in [3.8, 4) is 5.75 Å². The number of pyridine rings is 1. The van der Waals surface area contributed by atoms with Crippen LogP contribution >= 0.6 is 0 Å². The van der Waals surface area contributed by atoms with Crippen molar-refractivity contribution in [1.29, 1.82) is 0 Å². The highest BCUT2D eigenvalue weighted by Gasteiger charge is 2.26. The summed E-state index contributed by atoms with van der Waals surface area (Å²) in [6.07, 6.45) is 4.47. The van der Waals surface area contributed by atoms with Crippen LogP contribution in [-0.4, -0.2) is 48.6 Å². The van der Waals surface area contributed by atoms with E-state index in [0.29, 0.717) is 13.2 Å². The van der Waals surface area contributed by atoms with Crippen LogP contribution in [0.1, 0.15) is 43.5 Å². The molecule has 2 unspecified atom stereocenters. The van der Waals surface area contributed by atoms with E-state index in [1.54, 1.807) is 6.20 Å². The summed E-state index contributed by atoms with van der Waals surface area (Å²) in [6, 6.07) is 12.1. The number of hydrogen-bond acceptors (Lipinski definition) is 5. The maximum atomic E-state index is 12.9. The molecule has 2 N–H and O–H groups in total. The molecule has 6 nitrogen and oxygen atoms in total. The lowest BCUT2D eigenvalue weighted by atomic mass is 10.0. The first-order valence-corrected chi connectivity index (χ1v) is 10.1. The molecular weight excluding hydrogens is 352 g/mol. The van der Waals surface area contributed by atoms with E-state index < -0.39 is 0 Å². The molecule has 0 spiro atoms. The molecule has 2 atom stereocenters. The summed E-state index contributed by atoms with van der Waals surface area (Å²) in [4.78, 5) is 19.3. The van der Waals surface area contributed by atoms with Gasteiger partial charge in [0, 0.05) is 43.6 Å². The van der Waals surface area contributed by atoms with E-state index in [9.17, 15) is 4.79 Å². The van der Waals surface area contributed by atoms with E-state index in [0.717, 1.165) is 42.9 Å². The Hall–Kier alpha value is -2.44. The van der Waals surface area contributed by atoms with Crippen molar-refractivity contribution in [3.05, 3.63) is 59.9 Å². The zero-order valence-electron chi connectivity index (χ0n) is 16.7. The minimum atomic E-state index is -0.0602. The van der Waals surface area contributed by atoms with Crippen molar-refractivity contribution in [2.24, 2.45) is 0 Å². The average Bonchev–Trinajstić information content (AvgIpc) is 2.74. The number of amides is 1. The zero-order chi connectivity index (χ0) is 19.8. The van der Waals surface area contributed by atoms with Gasteiger partial charge in [0.1, 0.15) is 5.75 Å². The van der Waals surface area contributed by atoms with Gasteiger partial charge >= 0.3 is 0 Å². The number of nitrogens with one attached hydrogen (secondary N) is 2. The van der Waals surface area contributed by atoms with E-state index in [1.165, 1.54) is 0 Å². The normalized spacial score (nSPS) is 18.4. The molecule has 0 aliphatic carbocycles. The van der Waals surface area contributed by atoms with Crippen LogP contribution < -0.4 is 15.4 Å². The van der Waals surface area contributed by atoms with Crippen LogP contribution in [0.3, 0.4) is 0 Å². The number of aromatic nitrogens is 1. The molecular formula is C22H30N4O2. The van der Waals surface area contributed by atoms with Gasteiger partial charge in [-0.2, -0.15) is 0 Å². The number of para-hydroxylation sites is 1. The van der Waals surface area contributed by atoms with Crippen LogP contribution in [0.25, 0.3) is 0 Å². The Morgan fingerprint density at radius 1 is 1.32 bits per heavy atom. The van der Waals surface area contributed by atoms with Gasteiger partial charge < -0.3 is 15.4 Å². The number of rotatable bonds is 8. The number of carbonyl (C=O) groups is 1. The lowest BCUT2D eigenvalue weighted by Crippen LogP contribution is -2.49. The molecule has 0 radical (unpaired) electrons. The van der Waals surface area contributed by atoms with E-state index in [1.807, 2.05) is 43.5 Å². The van der Waals surface area contributed by atoms with Gasteiger partial charge in [-0.05, 0) is 31.0 Å². The van der Waals surface area contributed by atoms with Crippen LogP contribution in [0, 0.1) is 0 Å². The second kappa shape index (κ2) is 10.2. The first-order chi connectivity index (χ1) is 13.7. The predicted molar refractivity (Wildman–Crippen MR) is 110 cm³/mol. The molecule has 1 aliphatic rings. The first kappa shape index (κ1) is 20.3. The molecule has 1 amide bonds. The van der Waals surface area contributed by atoms with Crippen molar-refractivity contribution < 1.29 is 9.53 Å². The number of hydrogen-bond donors (Lipinski definition) is 2. The molecule has 28 heavy (non-hydrogen) atoms. The van der Waals surface area contributed by atoms with Crippen LogP contribution in [0.4, 0.5) is 0 Å². The van der Waals surface area contributed by atoms with Gasteiger partial charge in [0.05, 0.1) is 19.2 Å². The summed E-state index contributed by atoms with van der Waals surface area (Å²) in [6.45, 7) is 7.57. The van der Waals surface area contributed by atoms with E-state index in [4.69, 9.17) is 4.74 Å². The van der Waals surface area contributed by atoms with Gasteiger partial charge in [-0.25, -0.2) is 0 Å². The summed E-state index contributed by atoms with van der Waals surface area (Å²) in [5.41, 5.74) is 2.17. The fourth-order valence-corrected chi connectivity index (χ4v) is 3.72. The Labute approximate surface area is 167 Å². The summed E-state index contributed by atoms with van der Waals surface area (Å²) in [7, 11) is 0. The van der Waals surface area contributed by atoms with Gasteiger partial charge in [-0.15, -0.1) is 0 Å². The second-order valence-electron chi connectivity index (χ2n) is 6.98. The third-order valence-corrected chi connectivity index (χ3v) is 5.11. The Morgan fingerprint density at radius 3 is 2.93 bits per heavy atom. The number of piperazine rings is 1. The molecule has 150 valence electrons. The molecule has 2 heterocycles. The number of benzene rings is 1. The maximum Gasteiger partial charge on any atom is 0.234 e. The molecule has 2 aromatic rings. The third-order valence-electron chi connectivity index (χ3n) is 5.11.